The first kappa shape index (κ1) is 18.9. The van der Waals surface area contributed by atoms with Crippen LogP contribution in [0, 0.1) is 12.7 Å². The third-order valence-electron chi connectivity index (χ3n) is 4.75. The number of amides is 2. The quantitative estimate of drug-likeness (QED) is 0.879. The van der Waals surface area contributed by atoms with E-state index in [0.29, 0.717) is 26.2 Å². The van der Waals surface area contributed by atoms with Crippen LogP contribution in [0.25, 0.3) is 0 Å². The number of aryl methyl sites for hydroxylation is 1. The molecule has 6 heteroatoms. The molecule has 0 atom stereocenters. The highest BCUT2D eigenvalue weighted by atomic mass is 19.1. The predicted octanol–water partition coefficient (Wildman–Crippen LogP) is 2.14. The average molecular weight is 369 g/mol. The van der Waals surface area contributed by atoms with Gasteiger partial charge in [-0.15, -0.1) is 0 Å². The van der Waals surface area contributed by atoms with Crippen LogP contribution in [0.3, 0.4) is 0 Å². The van der Waals surface area contributed by atoms with Crippen molar-refractivity contribution in [1.29, 1.82) is 0 Å². The molecule has 2 aromatic carbocycles. The van der Waals surface area contributed by atoms with Gasteiger partial charge < -0.3 is 15.1 Å². The van der Waals surface area contributed by atoms with Crippen molar-refractivity contribution in [3.63, 3.8) is 0 Å². The summed E-state index contributed by atoms with van der Waals surface area (Å²) in [7, 11) is 0. The largest absolute Gasteiger partial charge is 0.368 e. The van der Waals surface area contributed by atoms with Crippen molar-refractivity contribution >= 4 is 17.5 Å². The highest BCUT2D eigenvalue weighted by molar-refractivity contribution is 5.85. The maximum Gasteiger partial charge on any atom is 0.242 e. The fourth-order valence-electron chi connectivity index (χ4n) is 3.11. The minimum Gasteiger partial charge on any atom is -0.368 e. The summed E-state index contributed by atoms with van der Waals surface area (Å²) in [4.78, 5) is 28.2. The molecule has 5 nitrogen and oxygen atoms in total. The first-order chi connectivity index (χ1) is 13.0. The molecule has 3 rings (SSSR count). The molecule has 0 aromatic heterocycles. The molecule has 0 aliphatic carbocycles. The summed E-state index contributed by atoms with van der Waals surface area (Å²) in [5, 5.41) is 2.71. The van der Waals surface area contributed by atoms with E-state index < -0.39 is 0 Å². The Hall–Kier alpha value is -2.89. The molecule has 27 heavy (non-hydrogen) atoms. The summed E-state index contributed by atoms with van der Waals surface area (Å²) in [5.74, 6) is -0.489. The van der Waals surface area contributed by atoms with Crippen LogP contribution >= 0.6 is 0 Å². The number of hydrogen-bond acceptors (Lipinski definition) is 3. The Balaban J connectivity index is 1.42. The molecule has 1 heterocycles. The minimum atomic E-state index is -0.256. The molecule has 142 valence electrons. The fraction of sp³-hybridized carbons (Fsp3) is 0.333. The van der Waals surface area contributed by atoms with E-state index in [2.05, 4.69) is 10.2 Å². The van der Waals surface area contributed by atoms with Gasteiger partial charge in [0, 0.05) is 31.9 Å². The summed E-state index contributed by atoms with van der Waals surface area (Å²) in [6.45, 7) is 4.57. The van der Waals surface area contributed by atoms with Crippen molar-refractivity contribution in [2.75, 3.05) is 37.6 Å². The number of anilines is 1. The lowest BCUT2D eigenvalue weighted by Crippen LogP contribution is -2.51. The Morgan fingerprint density at radius 2 is 1.59 bits per heavy atom. The van der Waals surface area contributed by atoms with Gasteiger partial charge in [0.05, 0.1) is 13.0 Å². The van der Waals surface area contributed by atoms with Crippen molar-refractivity contribution in [3.05, 3.63) is 65.5 Å². The molecule has 2 amide bonds. The molecule has 2 aromatic rings. The molecule has 0 spiro atoms. The van der Waals surface area contributed by atoms with Crippen molar-refractivity contribution in [3.8, 4) is 0 Å². The molecular weight excluding hydrogens is 345 g/mol. The smallest absolute Gasteiger partial charge is 0.242 e. The highest BCUT2D eigenvalue weighted by Gasteiger charge is 2.21. The zero-order chi connectivity index (χ0) is 19.2. The van der Waals surface area contributed by atoms with E-state index in [1.165, 1.54) is 12.1 Å². The van der Waals surface area contributed by atoms with E-state index in [1.54, 1.807) is 17.0 Å². The topological polar surface area (TPSA) is 52.7 Å². The van der Waals surface area contributed by atoms with Gasteiger partial charge in [0.15, 0.2) is 0 Å². The molecule has 0 bridgehead atoms. The maximum atomic E-state index is 13.0. The Bertz CT molecular complexity index is 782. The normalized spacial score (nSPS) is 14.1. The Morgan fingerprint density at radius 1 is 0.963 bits per heavy atom. The van der Waals surface area contributed by atoms with Gasteiger partial charge in [0.1, 0.15) is 5.82 Å². The van der Waals surface area contributed by atoms with Crippen molar-refractivity contribution in [2.24, 2.45) is 0 Å². The second-order valence-corrected chi connectivity index (χ2v) is 6.78. The summed E-state index contributed by atoms with van der Waals surface area (Å²) >= 11 is 0. The lowest BCUT2D eigenvalue weighted by molar-refractivity contribution is -0.133. The first-order valence-electron chi connectivity index (χ1n) is 9.12. The number of benzene rings is 2. The molecule has 1 aliphatic rings. The van der Waals surface area contributed by atoms with Gasteiger partial charge in [-0.3, -0.25) is 9.59 Å². The first-order valence-corrected chi connectivity index (χ1v) is 9.12. The van der Waals surface area contributed by atoms with Crippen molar-refractivity contribution in [1.82, 2.24) is 10.2 Å². The van der Waals surface area contributed by atoms with E-state index >= 15 is 0 Å². The highest BCUT2D eigenvalue weighted by Crippen LogP contribution is 2.16. The number of carbonyl (C=O) groups excluding carboxylic acids is 2. The van der Waals surface area contributed by atoms with Gasteiger partial charge in [-0.2, -0.15) is 0 Å². The van der Waals surface area contributed by atoms with Crippen LogP contribution in [0.4, 0.5) is 10.1 Å². The predicted molar refractivity (Wildman–Crippen MR) is 103 cm³/mol. The number of nitrogens with zero attached hydrogens (tertiary/aromatic N) is 2. The molecule has 1 aliphatic heterocycles. The van der Waals surface area contributed by atoms with E-state index in [-0.39, 0.29) is 30.6 Å². The summed E-state index contributed by atoms with van der Waals surface area (Å²) in [5.41, 5.74) is 3.03. The van der Waals surface area contributed by atoms with Crippen molar-refractivity contribution < 1.29 is 14.0 Å². The van der Waals surface area contributed by atoms with Crippen LogP contribution in [-0.2, 0) is 16.0 Å². The van der Waals surface area contributed by atoms with Gasteiger partial charge >= 0.3 is 0 Å². The fourth-order valence-corrected chi connectivity index (χ4v) is 3.11. The molecule has 1 N–H and O–H groups in total. The van der Waals surface area contributed by atoms with E-state index in [1.807, 2.05) is 31.2 Å². The molecule has 0 radical (unpaired) electrons. The number of nitrogens with one attached hydrogen (secondary N) is 1. The zero-order valence-electron chi connectivity index (χ0n) is 15.5. The van der Waals surface area contributed by atoms with Gasteiger partial charge in [-0.25, -0.2) is 4.39 Å². The number of hydrogen-bond donors (Lipinski definition) is 1. The standard InChI is InChI=1S/C21H24FN3O2/c1-16-2-4-17(5-3-16)14-20(26)23-15-21(27)25-12-10-24(11-13-25)19-8-6-18(22)7-9-19/h2-9H,10-15H2,1H3,(H,23,26). The number of piperazine rings is 1. The van der Waals surface area contributed by atoms with Crippen LogP contribution in [-0.4, -0.2) is 49.4 Å². The lowest BCUT2D eigenvalue weighted by Gasteiger charge is -2.36. The van der Waals surface area contributed by atoms with E-state index in [9.17, 15) is 14.0 Å². The Kier molecular flexibility index (Phi) is 6.06. The summed E-state index contributed by atoms with van der Waals surface area (Å²) in [6.07, 6.45) is 0.270. The minimum absolute atomic E-state index is 0.0151. The van der Waals surface area contributed by atoms with E-state index in [0.717, 1.165) is 16.8 Å². The van der Waals surface area contributed by atoms with Crippen LogP contribution in [0.1, 0.15) is 11.1 Å². The molecule has 1 saturated heterocycles. The van der Waals surface area contributed by atoms with Crippen LogP contribution in [0.2, 0.25) is 0 Å². The summed E-state index contributed by atoms with van der Waals surface area (Å²) in [6, 6.07) is 14.2. The molecular formula is C21H24FN3O2. The monoisotopic (exact) mass is 369 g/mol. The maximum absolute atomic E-state index is 13.0. The van der Waals surface area contributed by atoms with Gasteiger partial charge in [0.25, 0.3) is 0 Å². The number of carbonyl (C=O) groups is 2. The van der Waals surface area contributed by atoms with Gasteiger partial charge in [0.2, 0.25) is 11.8 Å². The van der Waals surface area contributed by atoms with E-state index in [4.69, 9.17) is 0 Å². The SMILES string of the molecule is Cc1ccc(CC(=O)NCC(=O)N2CCN(c3ccc(F)cc3)CC2)cc1. The third-order valence-corrected chi connectivity index (χ3v) is 4.75. The van der Waals surface area contributed by atoms with Crippen LogP contribution < -0.4 is 10.2 Å². The van der Waals surface area contributed by atoms with Gasteiger partial charge in [-0.05, 0) is 36.8 Å². The molecule has 0 saturated carbocycles. The van der Waals surface area contributed by atoms with Gasteiger partial charge in [-0.1, -0.05) is 29.8 Å². The van der Waals surface area contributed by atoms with Crippen LogP contribution in [0.5, 0.6) is 0 Å². The Morgan fingerprint density at radius 3 is 2.22 bits per heavy atom. The molecule has 1 fully saturated rings. The number of rotatable bonds is 5. The number of halogens is 1. The summed E-state index contributed by atoms with van der Waals surface area (Å²) < 4.78 is 13.0. The third kappa shape index (κ3) is 5.29. The second kappa shape index (κ2) is 8.66. The molecule has 0 unspecified atom stereocenters. The van der Waals surface area contributed by atoms with Crippen LogP contribution in [0.15, 0.2) is 48.5 Å². The van der Waals surface area contributed by atoms with Crippen molar-refractivity contribution in [2.45, 2.75) is 13.3 Å². The Labute approximate surface area is 158 Å². The average Bonchev–Trinajstić information content (AvgIpc) is 2.69. The lowest BCUT2D eigenvalue weighted by atomic mass is 10.1. The zero-order valence-corrected chi connectivity index (χ0v) is 15.5. The second-order valence-electron chi connectivity index (χ2n) is 6.78.